The molecule has 3 N–H and O–H groups in total. The average molecular weight is 380 g/mol. The van der Waals surface area contributed by atoms with E-state index in [4.69, 9.17) is 10.5 Å². The molecule has 0 amide bonds. The zero-order valence-corrected chi connectivity index (χ0v) is 15.3. The van der Waals surface area contributed by atoms with Crippen LogP contribution in [0.25, 0.3) is 0 Å². The predicted molar refractivity (Wildman–Crippen MR) is 98.5 cm³/mol. The Morgan fingerprint density at radius 1 is 1.26 bits per heavy atom. The van der Waals surface area contributed by atoms with Crippen LogP contribution in [0.3, 0.4) is 0 Å². The number of aromatic nitrogens is 1. The van der Waals surface area contributed by atoms with Crippen molar-refractivity contribution >= 4 is 5.96 Å². The molecule has 0 fully saturated rings. The smallest absolute Gasteiger partial charge is 0.416 e. The molecule has 1 aromatic heterocycles. The van der Waals surface area contributed by atoms with E-state index < -0.39 is 11.7 Å². The summed E-state index contributed by atoms with van der Waals surface area (Å²) in [4.78, 5) is 8.19. The second kappa shape index (κ2) is 9.25. The van der Waals surface area contributed by atoms with Crippen LogP contribution in [0.2, 0.25) is 0 Å². The standard InChI is InChI=1S/C19H23F3N4O/c1-13(2)27-16-7-6-14(17(11-16)19(20,21)22)12-26-18(23)25-10-8-15-5-3-4-9-24-15/h3-7,9,11,13H,8,10,12H2,1-2H3,(H3,23,25,26). The summed E-state index contributed by atoms with van der Waals surface area (Å²) in [5.41, 5.74) is 5.90. The highest BCUT2D eigenvalue weighted by atomic mass is 19.4. The first-order chi connectivity index (χ1) is 12.8. The van der Waals surface area contributed by atoms with Crippen molar-refractivity contribution in [3.63, 3.8) is 0 Å². The summed E-state index contributed by atoms with van der Waals surface area (Å²) < 4.78 is 45.3. The lowest BCUT2D eigenvalue weighted by Gasteiger charge is -2.16. The highest BCUT2D eigenvalue weighted by molar-refractivity contribution is 5.77. The van der Waals surface area contributed by atoms with E-state index in [-0.39, 0.29) is 29.9 Å². The number of nitrogens with two attached hydrogens (primary N) is 1. The number of hydrogen-bond acceptors (Lipinski definition) is 3. The summed E-state index contributed by atoms with van der Waals surface area (Å²) in [5.74, 6) is 0.257. The van der Waals surface area contributed by atoms with Crippen LogP contribution in [-0.4, -0.2) is 23.6 Å². The van der Waals surface area contributed by atoms with Gasteiger partial charge in [0.15, 0.2) is 5.96 Å². The van der Waals surface area contributed by atoms with Crippen molar-refractivity contribution in [2.24, 2.45) is 10.7 Å². The van der Waals surface area contributed by atoms with Crippen molar-refractivity contribution in [3.8, 4) is 5.75 Å². The van der Waals surface area contributed by atoms with E-state index >= 15 is 0 Å². The normalized spacial score (nSPS) is 12.3. The number of rotatable bonds is 7. The fraction of sp³-hybridized carbons (Fsp3) is 0.368. The van der Waals surface area contributed by atoms with Crippen LogP contribution in [-0.2, 0) is 19.1 Å². The van der Waals surface area contributed by atoms with Crippen molar-refractivity contribution in [1.82, 2.24) is 10.3 Å². The first kappa shape index (κ1) is 20.5. The van der Waals surface area contributed by atoms with Gasteiger partial charge in [-0.2, -0.15) is 13.2 Å². The molecule has 0 aliphatic rings. The summed E-state index contributed by atoms with van der Waals surface area (Å²) in [6, 6.07) is 9.45. The molecule has 0 unspecified atom stereocenters. The Morgan fingerprint density at radius 3 is 2.67 bits per heavy atom. The van der Waals surface area contributed by atoms with Gasteiger partial charge >= 0.3 is 6.18 Å². The van der Waals surface area contributed by atoms with Crippen molar-refractivity contribution in [2.75, 3.05) is 6.54 Å². The molecule has 0 bridgehead atoms. The summed E-state index contributed by atoms with van der Waals surface area (Å²) >= 11 is 0. The maximum atomic E-state index is 13.3. The third-order valence-electron chi connectivity index (χ3n) is 3.59. The van der Waals surface area contributed by atoms with Gasteiger partial charge < -0.3 is 15.8 Å². The van der Waals surface area contributed by atoms with E-state index in [9.17, 15) is 13.2 Å². The minimum atomic E-state index is -4.50. The lowest BCUT2D eigenvalue weighted by atomic mass is 10.1. The van der Waals surface area contributed by atoms with Crippen LogP contribution in [0.15, 0.2) is 47.6 Å². The fourth-order valence-electron chi connectivity index (χ4n) is 2.39. The van der Waals surface area contributed by atoms with Crippen molar-refractivity contribution < 1.29 is 17.9 Å². The van der Waals surface area contributed by atoms with E-state index in [1.807, 2.05) is 18.2 Å². The number of aliphatic imine (C=N–C) groups is 1. The molecule has 0 spiro atoms. The van der Waals surface area contributed by atoms with Crippen LogP contribution in [0.1, 0.15) is 30.7 Å². The number of pyridine rings is 1. The number of hydrogen-bond donors (Lipinski definition) is 2. The molecule has 1 aromatic carbocycles. The zero-order valence-electron chi connectivity index (χ0n) is 15.3. The third kappa shape index (κ3) is 6.80. The van der Waals surface area contributed by atoms with E-state index in [1.54, 1.807) is 20.0 Å². The van der Waals surface area contributed by atoms with Gasteiger partial charge in [-0.15, -0.1) is 0 Å². The van der Waals surface area contributed by atoms with E-state index in [0.717, 1.165) is 11.8 Å². The largest absolute Gasteiger partial charge is 0.491 e. The molecule has 1 heterocycles. The van der Waals surface area contributed by atoms with Crippen LogP contribution >= 0.6 is 0 Å². The minimum Gasteiger partial charge on any atom is -0.491 e. The molecule has 146 valence electrons. The number of halogens is 3. The summed E-state index contributed by atoms with van der Waals surface area (Å²) in [6.45, 7) is 3.81. The molecular weight excluding hydrogens is 357 g/mol. The van der Waals surface area contributed by atoms with Gasteiger partial charge in [0.05, 0.1) is 18.2 Å². The van der Waals surface area contributed by atoms with Crippen LogP contribution < -0.4 is 15.8 Å². The van der Waals surface area contributed by atoms with E-state index in [2.05, 4.69) is 15.3 Å². The van der Waals surface area contributed by atoms with Gasteiger partial charge in [0.25, 0.3) is 0 Å². The van der Waals surface area contributed by atoms with Gasteiger partial charge in [0.1, 0.15) is 5.75 Å². The molecule has 0 atom stereocenters. The molecule has 0 radical (unpaired) electrons. The van der Waals surface area contributed by atoms with E-state index in [1.165, 1.54) is 12.1 Å². The maximum absolute atomic E-state index is 13.3. The van der Waals surface area contributed by atoms with Crippen molar-refractivity contribution in [1.29, 1.82) is 0 Å². The predicted octanol–water partition coefficient (Wildman–Crippen LogP) is 3.53. The van der Waals surface area contributed by atoms with Crippen LogP contribution in [0.4, 0.5) is 13.2 Å². The lowest BCUT2D eigenvalue weighted by molar-refractivity contribution is -0.138. The number of benzene rings is 1. The Bertz CT molecular complexity index is 761. The summed E-state index contributed by atoms with van der Waals surface area (Å²) in [6.07, 6.45) is -2.39. The minimum absolute atomic E-state index is 0.0353. The molecule has 0 aliphatic heterocycles. The van der Waals surface area contributed by atoms with Gasteiger partial charge in [0.2, 0.25) is 0 Å². The molecule has 8 heteroatoms. The van der Waals surface area contributed by atoms with Crippen LogP contribution in [0.5, 0.6) is 5.75 Å². The summed E-state index contributed by atoms with van der Waals surface area (Å²) in [5, 5.41) is 2.88. The lowest BCUT2D eigenvalue weighted by Crippen LogP contribution is -2.33. The summed E-state index contributed by atoms with van der Waals surface area (Å²) in [7, 11) is 0. The molecule has 2 rings (SSSR count). The highest BCUT2D eigenvalue weighted by Crippen LogP contribution is 2.35. The monoisotopic (exact) mass is 380 g/mol. The third-order valence-corrected chi connectivity index (χ3v) is 3.59. The average Bonchev–Trinajstić information content (AvgIpc) is 2.60. The van der Waals surface area contributed by atoms with Crippen molar-refractivity contribution in [2.45, 2.75) is 39.1 Å². The Hall–Kier alpha value is -2.77. The fourth-order valence-corrected chi connectivity index (χ4v) is 2.39. The first-order valence-electron chi connectivity index (χ1n) is 8.56. The molecular formula is C19H23F3N4O. The number of guanidine groups is 1. The zero-order chi connectivity index (χ0) is 19.9. The van der Waals surface area contributed by atoms with Gasteiger partial charge in [-0.25, -0.2) is 4.99 Å². The van der Waals surface area contributed by atoms with Gasteiger partial charge in [-0.3, -0.25) is 4.98 Å². The Balaban J connectivity index is 2.01. The number of ether oxygens (including phenoxy) is 1. The van der Waals surface area contributed by atoms with Gasteiger partial charge in [0, 0.05) is 24.9 Å². The van der Waals surface area contributed by atoms with Crippen LogP contribution in [0, 0.1) is 0 Å². The quantitative estimate of drug-likeness (QED) is 0.569. The van der Waals surface area contributed by atoms with E-state index in [0.29, 0.717) is 13.0 Å². The van der Waals surface area contributed by atoms with Crippen molar-refractivity contribution in [3.05, 3.63) is 59.4 Å². The number of nitrogens with zero attached hydrogens (tertiary/aromatic N) is 2. The first-order valence-corrected chi connectivity index (χ1v) is 8.56. The second-order valence-electron chi connectivity index (χ2n) is 6.18. The molecule has 5 nitrogen and oxygen atoms in total. The molecule has 0 saturated heterocycles. The Kier molecular flexibility index (Phi) is 7.04. The molecule has 0 saturated carbocycles. The molecule has 2 aromatic rings. The maximum Gasteiger partial charge on any atom is 0.416 e. The molecule has 0 aliphatic carbocycles. The molecule has 27 heavy (non-hydrogen) atoms. The Labute approximate surface area is 156 Å². The Morgan fingerprint density at radius 2 is 2.04 bits per heavy atom. The van der Waals surface area contributed by atoms with Gasteiger partial charge in [-0.1, -0.05) is 12.1 Å². The topological polar surface area (TPSA) is 72.5 Å². The highest BCUT2D eigenvalue weighted by Gasteiger charge is 2.33. The number of alkyl halides is 3. The second-order valence-corrected chi connectivity index (χ2v) is 6.18. The number of nitrogens with one attached hydrogen (secondary N) is 1. The van der Waals surface area contributed by atoms with Gasteiger partial charge in [-0.05, 0) is 43.7 Å². The SMILES string of the molecule is CC(C)Oc1ccc(CN=C(N)NCCc2ccccn2)c(C(F)(F)F)c1.